The lowest BCUT2D eigenvalue weighted by atomic mass is 9.97. The van der Waals surface area contributed by atoms with E-state index < -0.39 is 9.84 Å². The van der Waals surface area contributed by atoms with Gasteiger partial charge in [0.15, 0.2) is 0 Å². The number of rotatable bonds is 3. The fourth-order valence-corrected chi connectivity index (χ4v) is 3.63. The van der Waals surface area contributed by atoms with E-state index in [0.29, 0.717) is 6.42 Å². The molecule has 1 aromatic carbocycles. The van der Waals surface area contributed by atoms with E-state index in [9.17, 15) is 8.42 Å². The molecule has 18 heavy (non-hydrogen) atoms. The van der Waals surface area contributed by atoms with Gasteiger partial charge in [-0.15, -0.1) is 0 Å². The summed E-state index contributed by atoms with van der Waals surface area (Å²) in [4.78, 5) is 0. The summed E-state index contributed by atoms with van der Waals surface area (Å²) in [5, 5.41) is -0.236. The molecule has 1 unspecified atom stereocenters. The Kier molecular flexibility index (Phi) is 3.95. The van der Waals surface area contributed by atoms with E-state index in [1.807, 2.05) is 31.2 Å². The van der Waals surface area contributed by atoms with Crippen LogP contribution in [-0.4, -0.2) is 26.0 Å². The van der Waals surface area contributed by atoms with Crippen molar-refractivity contribution in [2.45, 2.75) is 44.0 Å². The highest BCUT2D eigenvalue weighted by Crippen LogP contribution is 2.28. The van der Waals surface area contributed by atoms with Crippen LogP contribution in [0.15, 0.2) is 24.3 Å². The second-order valence-electron chi connectivity index (χ2n) is 5.12. The first-order valence-corrected chi connectivity index (χ1v) is 8.33. The van der Waals surface area contributed by atoms with Crippen molar-refractivity contribution in [3.8, 4) is 5.75 Å². The molecule has 1 aromatic rings. The summed E-state index contributed by atoms with van der Waals surface area (Å²) >= 11 is 0. The molecule has 0 spiro atoms. The van der Waals surface area contributed by atoms with Gasteiger partial charge in [-0.2, -0.15) is 0 Å². The Morgan fingerprint density at radius 1 is 1.22 bits per heavy atom. The molecule has 0 aliphatic heterocycles. The second kappa shape index (κ2) is 5.31. The summed E-state index contributed by atoms with van der Waals surface area (Å²) in [6.45, 7) is 2.01. The van der Waals surface area contributed by atoms with E-state index >= 15 is 0 Å². The Labute approximate surface area is 109 Å². The standard InChI is InChI=1S/C14H20O3S/c1-11-6-3-4-9-14(11)17-12-7-5-8-13(10-12)18(2,15)16/h3-4,6,9,12-13H,5,7-8,10H2,1-2H3/t12?,13-/m0/s1. The lowest BCUT2D eigenvalue weighted by Gasteiger charge is -2.29. The van der Waals surface area contributed by atoms with Crippen LogP contribution in [0.2, 0.25) is 0 Å². The predicted octanol–water partition coefficient (Wildman–Crippen LogP) is 2.73. The fraction of sp³-hybridized carbons (Fsp3) is 0.571. The number of ether oxygens (including phenoxy) is 1. The monoisotopic (exact) mass is 268 g/mol. The number of hydrogen-bond donors (Lipinski definition) is 0. The van der Waals surface area contributed by atoms with E-state index in [1.54, 1.807) is 0 Å². The summed E-state index contributed by atoms with van der Waals surface area (Å²) in [5.74, 6) is 0.872. The van der Waals surface area contributed by atoms with Gasteiger partial charge in [-0.25, -0.2) is 8.42 Å². The van der Waals surface area contributed by atoms with Crippen LogP contribution in [0.3, 0.4) is 0 Å². The molecule has 0 N–H and O–H groups in total. The van der Waals surface area contributed by atoms with Gasteiger partial charge in [0.1, 0.15) is 15.6 Å². The molecular weight excluding hydrogens is 248 g/mol. The second-order valence-corrected chi connectivity index (χ2v) is 7.45. The zero-order valence-corrected chi connectivity index (χ0v) is 11.7. The Hall–Kier alpha value is -1.03. The summed E-state index contributed by atoms with van der Waals surface area (Å²) in [7, 11) is -2.94. The van der Waals surface area contributed by atoms with Gasteiger partial charge in [-0.3, -0.25) is 0 Å². The van der Waals surface area contributed by atoms with Crippen molar-refractivity contribution in [2.24, 2.45) is 0 Å². The van der Waals surface area contributed by atoms with Crippen LogP contribution in [0, 0.1) is 6.92 Å². The van der Waals surface area contributed by atoms with E-state index in [1.165, 1.54) is 6.26 Å². The van der Waals surface area contributed by atoms with Crippen LogP contribution in [0.25, 0.3) is 0 Å². The largest absolute Gasteiger partial charge is 0.490 e. The zero-order valence-electron chi connectivity index (χ0n) is 10.9. The van der Waals surface area contributed by atoms with Crippen LogP contribution in [-0.2, 0) is 9.84 Å². The minimum Gasteiger partial charge on any atom is -0.490 e. The van der Waals surface area contributed by atoms with Gasteiger partial charge in [0, 0.05) is 12.7 Å². The highest BCUT2D eigenvalue weighted by Gasteiger charge is 2.30. The number of para-hydroxylation sites is 1. The molecule has 1 saturated carbocycles. The molecule has 0 aromatic heterocycles. The minimum atomic E-state index is -2.94. The van der Waals surface area contributed by atoms with Crippen LogP contribution in [0.1, 0.15) is 31.2 Å². The topological polar surface area (TPSA) is 43.4 Å². The predicted molar refractivity (Wildman–Crippen MR) is 72.7 cm³/mol. The number of aryl methyl sites for hydroxylation is 1. The van der Waals surface area contributed by atoms with Crippen molar-refractivity contribution in [3.63, 3.8) is 0 Å². The molecule has 3 nitrogen and oxygen atoms in total. The van der Waals surface area contributed by atoms with Crippen molar-refractivity contribution in [3.05, 3.63) is 29.8 Å². The number of benzene rings is 1. The van der Waals surface area contributed by atoms with Gasteiger partial charge in [0.2, 0.25) is 0 Å². The van der Waals surface area contributed by atoms with Gasteiger partial charge < -0.3 is 4.74 Å². The Morgan fingerprint density at radius 2 is 1.94 bits per heavy atom. The quantitative estimate of drug-likeness (QED) is 0.846. The summed E-state index contributed by atoms with van der Waals surface area (Å²) < 4.78 is 29.1. The summed E-state index contributed by atoms with van der Waals surface area (Å²) in [5.41, 5.74) is 1.10. The molecule has 4 heteroatoms. The molecule has 0 heterocycles. The molecule has 0 saturated heterocycles. The number of sulfone groups is 1. The van der Waals surface area contributed by atoms with Crippen LogP contribution >= 0.6 is 0 Å². The van der Waals surface area contributed by atoms with Crippen molar-refractivity contribution >= 4 is 9.84 Å². The van der Waals surface area contributed by atoms with Crippen molar-refractivity contribution < 1.29 is 13.2 Å². The molecule has 1 aliphatic rings. The minimum absolute atomic E-state index is 0.0274. The van der Waals surface area contributed by atoms with E-state index in [0.717, 1.165) is 30.6 Å². The van der Waals surface area contributed by atoms with Gasteiger partial charge in [0.05, 0.1) is 11.4 Å². The molecule has 2 rings (SSSR count). The maximum Gasteiger partial charge on any atom is 0.150 e. The lowest BCUT2D eigenvalue weighted by molar-refractivity contribution is 0.155. The molecule has 1 aliphatic carbocycles. The summed E-state index contributed by atoms with van der Waals surface area (Å²) in [6, 6.07) is 7.87. The average Bonchev–Trinajstić information content (AvgIpc) is 2.31. The number of hydrogen-bond acceptors (Lipinski definition) is 3. The van der Waals surface area contributed by atoms with Crippen LogP contribution in [0.5, 0.6) is 5.75 Å². The smallest absolute Gasteiger partial charge is 0.150 e. The van der Waals surface area contributed by atoms with Gasteiger partial charge in [-0.1, -0.05) is 18.2 Å². The van der Waals surface area contributed by atoms with Gasteiger partial charge in [0.25, 0.3) is 0 Å². The van der Waals surface area contributed by atoms with Gasteiger partial charge >= 0.3 is 0 Å². The molecule has 100 valence electrons. The molecule has 2 atom stereocenters. The third-order valence-electron chi connectivity index (χ3n) is 3.57. The first-order valence-electron chi connectivity index (χ1n) is 6.38. The van der Waals surface area contributed by atoms with Crippen molar-refractivity contribution in [1.82, 2.24) is 0 Å². The first kappa shape index (κ1) is 13.4. The molecule has 1 fully saturated rings. The highest BCUT2D eigenvalue weighted by atomic mass is 32.2. The third-order valence-corrected chi connectivity index (χ3v) is 5.21. The maximum absolute atomic E-state index is 11.6. The molecular formula is C14H20O3S. The third kappa shape index (κ3) is 3.25. The van der Waals surface area contributed by atoms with Crippen molar-refractivity contribution in [2.75, 3.05) is 6.26 Å². The fourth-order valence-electron chi connectivity index (χ4n) is 2.47. The highest BCUT2D eigenvalue weighted by molar-refractivity contribution is 7.91. The van der Waals surface area contributed by atoms with E-state index in [2.05, 4.69) is 0 Å². The average molecular weight is 268 g/mol. The molecule has 0 bridgehead atoms. The Balaban J connectivity index is 2.05. The maximum atomic E-state index is 11.6. The molecule has 0 amide bonds. The van der Waals surface area contributed by atoms with Crippen LogP contribution < -0.4 is 4.74 Å². The van der Waals surface area contributed by atoms with E-state index in [-0.39, 0.29) is 11.4 Å². The SMILES string of the molecule is Cc1ccccc1OC1CCC[C@H](S(C)(=O)=O)C1. The van der Waals surface area contributed by atoms with E-state index in [4.69, 9.17) is 4.74 Å². The van der Waals surface area contributed by atoms with Crippen molar-refractivity contribution in [1.29, 1.82) is 0 Å². The normalized spacial score (nSPS) is 24.8. The zero-order chi connectivity index (χ0) is 13.2. The van der Waals surface area contributed by atoms with Crippen LogP contribution in [0.4, 0.5) is 0 Å². The Bertz CT molecular complexity index is 508. The van der Waals surface area contributed by atoms with Gasteiger partial charge in [-0.05, 0) is 37.8 Å². The lowest BCUT2D eigenvalue weighted by Crippen LogP contribution is -2.33. The first-order chi connectivity index (χ1) is 8.47. The summed E-state index contributed by atoms with van der Waals surface area (Å²) in [6.07, 6.45) is 4.61. The molecule has 0 radical (unpaired) electrons. The Morgan fingerprint density at radius 3 is 2.61 bits per heavy atom.